The van der Waals surface area contributed by atoms with E-state index >= 15 is 0 Å². The highest BCUT2D eigenvalue weighted by molar-refractivity contribution is 5.75. The van der Waals surface area contributed by atoms with Gasteiger partial charge >= 0.3 is 0 Å². The third-order valence-corrected chi connectivity index (χ3v) is 3.70. The summed E-state index contributed by atoms with van der Waals surface area (Å²) in [6.07, 6.45) is 4.63. The summed E-state index contributed by atoms with van der Waals surface area (Å²) in [6.45, 7) is 18.4. The Hall–Kier alpha value is -1.58. The van der Waals surface area contributed by atoms with Crippen LogP contribution in [0.5, 0.6) is 0 Å². The van der Waals surface area contributed by atoms with Gasteiger partial charge in [-0.25, -0.2) is 0 Å². The van der Waals surface area contributed by atoms with Crippen molar-refractivity contribution in [3.63, 3.8) is 0 Å². The molecule has 0 rings (SSSR count). The largest absolute Gasteiger partial charge is 0.314 e. The van der Waals surface area contributed by atoms with Gasteiger partial charge < -0.3 is 9.80 Å². The number of hydrogen-bond acceptors (Lipinski definition) is 2. The summed E-state index contributed by atoms with van der Waals surface area (Å²) in [6, 6.07) is 0. The van der Waals surface area contributed by atoms with Crippen LogP contribution in [0.3, 0.4) is 0 Å². The van der Waals surface area contributed by atoms with E-state index in [4.69, 9.17) is 0 Å². The third-order valence-electron chi connectivity index (χ3n) is 3.70. The summed E-state index contributed by atoms with van der Waals surface area (Å²) in [5.41, 5.74) is -0.678. The maximum absolute atomic E-state index is 11.6. The molecule has 0 saturated heterocycles. The molecule has 4 nitrogen and oxygen atoms in total. The summed E-state index contributed by atoms with van der Waals surface area (Å²) in [4.78, 5) is 26.5. The average Bonchev–Trinajstić information content (AvgIpc) is 2.26. The van der Waals surface area contributed by atoms with Crippen LogP contribution in [0.25, 0.3) is 0 Å². The topological polar surface area (TPSA) is 40.6 Å². The van der Waals surface area contributed by atoms with Crippen LogP contribution < -0.4 is 0 Å². The van der Waals surface area contributed by atoms with Crippen LogP contribution in [-0.2, 0) is 9.59 Å². The Morgan fingerprint density at radius 1 is 0.850 bits per heavy atom. The molecule has 0 aromatic heterocycles. The van der Waals surface area contributed by atoms with Crippen molar-refractivity contribution in [2.75, 3.05) is 0 Å². The molecule has 0 unspecified atom stereocenters. The molecular formula is C16H28N2O2. The summed E-state index contributed by atoms with van der Waals surface area (Å²) in [5, 5.41) is 0. The van der Waals surface area contributed by atoms with Gasteiger partial charge in [-0.3, -0.25) is 9.59 Å². The molecular weight excluding hydrogens is 252 g/mol. The van der Waals surface area contributed by atoms with Gasteiger partial charge in [-0.1, -0.05) is 13.2 Å². The van der Waals surface area contributed by atoms with Crippen LogP contribution in [0.2, 0.25) is 0 Å². The van der Waals surface area contributed by atoms with Crippen LogP contribution >= 0.6 is 0 Å². The minimum Gasteiger partial charge on any atom is -0.314 e. The molecule has 0 aliphatic carbocycles. The molecule has 0 bridgehead atoms. The Bertz CT molecular complexity index is 359. The Morgan fingerprint density at radius 3 is 1.25 bits per heavy atom. The number of carbonyl (C=O) groups excluding carboxylic acids is 2. The molecule has 0 aromatic carbocycles. The quantitative estimate of drug-likeness (QED) is 0.718. The second-order valence-corrected chi connectivity index (χ2v) is 6.27. The Morgan fingerprint density at radius 2 is 1.10 bits per heavy atom. The van der Waals surface area contributed by atoms with Gasteiger partial charge in [-0.2, -0.15) is 0 Å². The molecule has 0 atom stereocenters. The van der Waals surface area contributed by atoms with Gasteiger partial charge in [-0.15, -0.1) is 0 Å². The minimum absolute atomic E-state index is 0.0325. The number of hydrogen-bond donors (Lipinski definition) is 0. The highest BCUT2D eigenvalue weighted by Crippen LogP contribution is 2.28. The van der Waals surface area contributed by atoms with Crippen molar-refractivity contribution in [1.29, 1.82) is 0 Å². The monoisotopic (exact) mass is 280 g/mol. The fourth-order valence-corrected chi connectivity index (χ4v) is 2.46. The number of rotatable bonds is 7. The normalized spacial score (nSPS) is 11.7. The highest BCUT2D eigenvalue weighted by atomic mass is 16.2. The zero-order valence-electron chi connectivity index (χ0n) is 13.7. The molecule has 20 heavy (non-hydrogen) atoms. The molecule has 0 aliphatic heterocycles. The zero-order valence-corrected chi connectivity index (χ0v) is 13.7. The van der Waals surface area contributed by atoms with Crippen molar-refractivity contribution in [3.05, 3.63) is 25.6 Å². The molecule has 0 fully saturated rings. The summed E-state index contributed by atoms with van der Waals surface area (Å²) < 4.78 is 0. The van der Waals surface area contributed by atoms with Crippen molar-refractivity contribution in [1.82, 2.24) is 9.80 Å². The lowest BCUT2D eigenvalue weighted by atomic mass is 9.87. The SMILES string of the molecule is C=CN(C(C)=O)C(C)(C)CCC(C)(C)N(C=C)C(C)=O. The van der Waals surface area contributed by atoms with Gasteiger partial charge in [0.05, 0.1) is 0 Å². The first-order chi connectivity index (χ1) is 8.99. The number of amides is 2. The van der Waals surface area contributed by atoms with Gasteiger partial charge in [0.25, 0.3) is 0 Å². The zero-order chi connectivity index (χ0) is 16.1. The Labute approximate surface area is 123 Å². The summed E-state index contributed by atoms with van der Waals surface area (Å²) >= 11 is 0. The first-order valence-electron chi connectivity index (χ1n) is 6.84. The second kappa shape index (κ2) is 6.73. The molecule has 0 spiro atoms. The molecule has 0 aliphatic rings. The summed E-state index contributed by atoms with van der Waals surface area (Å²) in [7, 11) is 0. The van der Waals surface area contributed by atoms with E-state index in [1.165, 1.54) is 13.8 Å². The smallest absolute Gasteiger partial charge is 0.223 e. The fraction of sp³-hybridized carbons (Fsp3) is 0.625. The molecule has 0 aromatic rings. The lowest BCUT2D eigenvalue weighted by Gasteiger charge is -2.41. The first kappa shape index (κ1) is 18.4. The van der Waals surface area contributed by atoms with Gasteiger partial charge in [-0.05, 0) is 40.5 Å². The molecule has 2 amide bonds. The van der Waals surface area contributed by atoms with E-state index in [2.05, 4.69) is 13.2 Å². The van der Waals surface area contributed by atoms with Crippen LogP contribution in [0.4, 0.5) is 0 Å². The minimum atomic E-state index is -0.339. The standard InChI is InChI=1S/C16H28N2O2/c1-9-17(13(3)19)15(5,6)11-12-16(7,8)18(10-2)14(4)20/h9-10H,1-2,11-12H2,3-8H3. The van der Waals surface area contributed by atoms with E-state index in [9.17, 15) is 9.59 Å². The van der Waals surface area contributed by atoms with Crippen molar-refractivity contribution in [2.24, 2.45) is 0 Å². The van der Waals surface area contributed by atoms with E-state index in [0.717, 1.165) is 12.8 Å². The van der Waals surface area contributed by atoms with Crippen molar-refractivity contribution < 1.29 is 9.59 Å². The third kappa shape index (κ3) is 4.51. The van der Waals surface area contributed by atoms with E-state index in [-0.39, 0.29) is 22.9 Å². The van der Waals surface area contributed by atoms with Crippen LogP contribution in [-0.4, -0.2) is 32.7 Å². The number of nitrogens with zero attached hydrogens (tertiary/aromatic N) is 2. The maximum Gasteiger partial charge on any atom is 0.223 e. The van der Waals surface area contributed by atoms with E-state index in [0.29, 0.717) is 0 Å². The van der Waals surface area contributed by atoms with Crippen LogP contribution in [0.1, 0.15) is 54.4 Å². The van der Waals surface area contributed by atoms with Gasteiger partial charge in [0.2, 0.25) is 11.8 Å². The fourth-order valence-electron chi connectivity index (χ4n) is 2.46. The molecule has 114 valence electrons. The van der Waals surface area contributed by atoms with Gasteiger partial charge in [0.1, 0.15) is 0 Å². The Balaban J connectivity index is 4.98. The molecule has 0 radical (unpaired) electrons. The lowest BCUT2D eigenvalue weighted by molar-refractivity contribution is -0.133. The molecule has 4 heteroatoms. The van der Waals surface area contributed by atoms with Crippen LogP contribution in [0, 0.1) is 0 Å². The van der Waals surface area contributed by atoms with Crippen molar-refractivity contribution in [3.8, 4) is 0 Å². The van der Waals surface area contributed by atoms with Crippen molar-refractivity contribution >= 4 is 11.8 Å². The summed E-state index contributed by atoms with van der Waals surface area (Å²) in [5.74, 6) is -0.0649. The van der Waals surface area contributed by atoms with E-state index < -0.39 is 0 Å². The van der Waals surface area contributed by atoms with Crippen molar-refractivity contribution in [2.45, 2.75) is 65.5 Å². The molecule has 0 heterocycles. The Kier molecular flexibility index (Phi) is 6.20. The molecule has 0 N–H and O–H groups in total. The second-order valence-electron chi connectivity index (χ2n) is 6.27. The highest BCUT2D eigenvalue weighted by Gasteiger charge is 2.33. The van der Waals surface area contributed by atoms with Gasteiger partial charge in [0, 0.05) is 37.3 Å². The predicted molar refractivity (Wildman–Crippen MR) is 82.8 cm³/mol. The average molecular weight is 280 g/mol. The predicted octanol–water partition coefficient (Wildman–Crippen LogP) is 3.31. The van der Waals surface area contributed by atoms with E-state index in [1.54, 1.807) is 22.2 Å². The maximum atomic E-state index is 11.6. The van der Waals surface area contributed by atoms with Gasteiger partial charge in [0.15, 0.2) is 0 Å². The van der Waals surface area contributed by atoms with E-state index in [1.807, 2.05) is 27.7 Å². The lowest BCUT2D eigenvalue weighted by Crippen LogP contribution is -2.47. The van der Waals surface area contributed by atoms with Crippen LogP contribution in [0.15, 0.2) is 25.6 Å². The number of carbonyl (C=O) groups is 2. The molecule has 0 saturated carbocycles. The first-order valence-corrected chi connectivity index (χ1v) is 6.84.